The number of rotatable bonds is 9. The Labute approximate surface area is 229 Å². The number of hydrogen-bond acceptors (Lipinski definition) is 4. The van der Waals surface area contributed by atoms with Crippen LogP contribution in [0, 0.1) is 20.8 Å². The molecule has 0 atom stereocenters. The summed E-state index contributed by atoms with van der Waals surface area (Å²) in [5, 5.41) is 10.7. The van der Waals surface area contributed by atoms with Gasteiger partial charge in [0.05, 0.1) is 18.5 Å². The van der Waals surface area contributed by atoms with Crippen molar-refractivity contribution in [3.05, 3.63) is 89.6 Å². The van der Waals surface area contributed by atoms with Crippen molar-refractivity contribution >= 4 is 23.4 Å². The highest BCUT2D eigenvalue weighted by Crippen LogP contribution is 2.33. The second-order valence-corrected chi connectivity index (χ2v) is 9.48. The van der Waals surface area contributed by atoms with Crippen LogP contribution in [-0.2, 0) is 4.79 Å². The molecule has 0 fully saturated rings. The molecule has 0 spiro atoms. The van der Waals surface area contributed by atoms with Gasteiger partial charge in [-0.15, -0.1) is 0 Å². The van der Waals surface area contributed by atoms with Gasteiger partial charge < -0.3 is 20.3 Å². The lowest BCUT2D eigenvalue weighted by Gasteiger charge is -2.22. The Morgan fingerprint density at radius 3 is 2.28 bits per heavy atom. The molecule has 0 aliphatic rings. The first-order valence-electron chi connectivity index (χ1n) is 13.0. The van der Waals surface area contributed by atoms with Crippen molar-refractivity contribution < 1.29 is 14.3 Å². The predicted molar refractivity (Wildman–Crippen MR) is 156 cm³/mol. The van der Waals surface area contributed by atoms with Crippen molar-refractivity contribution in [2.24, 2.45) is 0 Å². The number of ether oxygens (including phenoxy) is 1. The van der Waals surface area contributed by atoms with Crippen molar-refractivity contribution in [1.29, 1.82) is 0 Å². The van der Waals surface area contributed by atoms with Crippen LogP contribution in [0.25, 0.3) is 16.8 Å². The van der Waals surface area contributed by atoms with Gasteiger partial charge in [-0.2, -0.15) is 5.10 Å². The van der Waals surface area contributed by atoms with E-state index in [9.17, 15) is 9.59 Å². The molecule has 0 aliphatic heterocycles. The Morgan fingerprint density at radius 1 is 0.923 bits per heavy atom. The minimum absolute atomic E-state index is 0.106. The Bertz CT molecular complexity index is 1450. The van der Waals surface area contributed by atoms with E-state index in [1.54, 1.807) is 11.8 Å². The highest BCUT2D eigenvalue weighted by Gasteiger charge is 2.23. The lowest BCUT2D eigenvalue weighted by atomic mass is 10.1. The molecule has 3 aromatic carbocycles. The van der Waals surface area contributed by atoms with Crippen LogP contribution in [0.3, 0.4) is 0 Å². The largest absolute Gasteiger partial charge is 0.497 e. The van der Waals surface area contributed by atoms with E-state index < -0.39 is 0 Å². The number of carbonyl (C=O) groups excluding carboxylic acids is 2. The number of anilines is 2. The average molecular weight is 526 g/mol. The molecule has 0 bridgehead atoms. The molecule has 0 radical (unpaired) electrons. The minimum Gasteiger partial charge on any atom is -0.497 e. The number of aromatic nitrogens is 2. The number of hydrogen-bond donors (Lipinski definition) is 2. The first-order valence-corrected chi connectivity index (χ1v) is 13.0. The molecule has 8 heteroatoms. The lowest BCUT2D eigenvalue weighted by molar-refractivity contribution is -0.116. The second-order valence-electron chi connectivity index (χ2n) is 9.48. The molecule has 4 rings (SSSR count). The Hall–Kier alpha value is -4.59. The molecule has 0 unspecified atom stereocenters. The van der Waals surface area contributed by atoms with Gasteiger partial charge in [0.25, 0.3) is 0 Å². The fourth-order valence-corrected chi connectivity index (χ4v) is 4.39. The van der Waals surface area contributed by atoms with E-state index in [0.717, 1.165) is 39.4 Å². The summed E-state index contributed by atoms with van der Waals surface area (Å²) in [6.45, 7) is 8.25. The van der Waals surface area contributed by atoms with E-state index >= 15 is 0 Å². The van der Waals surface area contributed by atoms with Gasteiger partial charge in [-0.05, 0) is 80.3 Å². The summed E-state index contributed by atoms with van der Waals surface area (Å²) in [4.78, 5) is 28.1. The van der Waals surface area contributed by atoms with E-state index in [4.69, 9.17) is 9.84 Å². The smallest absolute Gasteiger partial charge is 0.322 e. The summed E-state index contributed by atoms with van der Waals surface area (Å²) >= 11 is 0. The molecule has 1 aromatic heterocycles. The number of benzene rings is 3. The van der Waals surface area contributed by atoms with E-state index in [0.29, 0.717) is 24.5 Å². The van der Waals surface area contributed by atoms with Gasteiger partial charge in [0.1, 0.15) is 18.1 Å². The maximum absolute atomic E-state index is 13.4. The molecule has 0 aliphatic carbocycles. The summed E-state index contributed by atoms with van der Waals surface area (Å²) in [5.41, 5.74) is 6.23. The van der Waals surface area contributed by atoms with Gasteiger partial charge in [0, 0.05) is 17.8 Å². The Kier molecular flexibility index (Phi) is 8.66. The summed E-state index contributed by atoms with van der Waals surface area (Å²) in [6, 6.07) is 22.7. The lowest BCUT2D eigenvalue weighted by Crippen LogP contribution is -2.41. The van der Waals surface area contributed by atoms with Gasteiger partial charge in [0.2, 0.25) is 5.91 Å². The average Bonchev–Trinajstić information content (AvgIpc) is 3.26. The second kappa shape index (κ2) is 12.3. The van der Waals surface area contributed by atoms with Crippen LogP contribution < -0.4 is 15.4 Å². The van der Waals surface area contributed by atoms with E-state index in [1.165, 1.54) is 4.90 Å². The quantitative estimate of drug-likeness (QED) is 0.266. The summed E-state index contributed by atoms with van der Waals surface area (Å²) in [7, 11) is 1.62. The number of methoxy groups -OCH3 is 1. The molecule has 3 amide bonds. The Balaban J connectivity index is 1.62. The number of nitrogens with one attached hydrogen (secondary N) is 2. The maximum Gasteiger partial charge on any atom is 0.322 e. The van der Waals surface area contributed by atoms with Gasteiger partial charge in [0.15, 0.2) is 0 Å². The van der Waals surface area contributed by atoms with Crippen LogP contribution in [0.15, 0.2) is 72.8 Å². The molecule has 2 N–H and O–H groups in total. The summed E-state index contributed by atoms with van der Waals surface area (Å²) < 4.78 is 7.02. The number of amides is 3. The molecular weight excluding hydrogens is 490 g/mol. The van der Waals surface area contributed by atoms with Crippen LogP contribution in [0.1, 0.15) is 30.2 Å². The zero-order valence-electron chi connectivity index (χ0n) is 23.1. The van der Waals surface area contributed by atoms with E-state index in [1.807, 2.05) is 100 Å². The molecule has 8 nitrogen and oxygen atoms in total. The number of nitrogens with zero attached hydrogens (tertiary/aromatic N) is 3. The number of aryl methyl sites for hydroxylation is 3. The summed E-state index contributed by atoms with van der Waals surface area (Å²) in [5.74, 6) is 0.951. The van der Waals surface area contributed by atoms with Crippen molar-refractivity contribution in [2.75, 3.05) is 30.8 Å². The van der Waals surface area contributed by atoms with Gasteiger partial charge in [-0.1, -0.05) is 43.3 Å². The topological polar surface area (TPSA) is 88.5 Å². The predicted octanol–water partition coefficient (Wildman–Crippen LogP) is 6.36. The minimum atomic E-state index is -0.321. The van der Waals surface area contributed by atoms with E-state index in [2.05, 4.69) is 10.6 Å². The van der Waals surface area contributed by atoms with Crippen LogP contribution in [0.5, 0.6) is 5.75 Å². The third-order valence-electron chi connectivity index (χ3n) is 6.57. The fraction of sp³-hybridized carbons (Fsp3) is 0.258. The molecule has 202 valence electrons. The van der Waals surface area contributed by atoms with Crippen molar-refractivity contribution in [1.82, 2.24) is 14.7 Å². The number of carbonyl (C=O) groups is 2. The van der Waals surface area contributed by atoms with E-state index in [-0.39, 0.29) is 18.5 Å². The van der Waals surface area contributed by atoms with Crippen molar-refractivity contribution in [3.63, 3.8) is 0 Å². The molecule has 0 saturated heterocycles. The van der Waals surface area contributed by atoms with Gasteiger partial charge in [-0.25, -0.2) is 9.48 Å². The third-order valence-corrected chi connectivity index (χ3v) is 6.57. The zero-order valence-corrected chi connectivity index (χ0v) is 23.1. The van der Waals surface area contributed by atoms with Crippen LogP contribution in [0.2, 0.25) is 0 Å². The molecule has 4 aromatic rings. The third kappa shape index (κ3) is 6.46. The fourth-order valence-electron chi connectivity index (χ4n) is 4.39. The highest BCUT2D eigenvalue weighted by molar-refractivity contribution is 5.99. The molecule has 1 heterocycles. The first-order chi connectivity index (χ1) is 18.8. The molecule has 39 heavy (non-hydrogen) atoms. The monoisotopic (exact) mass is 525 g/mol. The van der Waals surface area contributed by atoms with Gasteiger partial charge >= 0.3 is 6.03 Å². The molecule has 0 saturated carbocycles. The summed E-state index contributed by atoms with van der Waals surface area (Å²) in [6.07, 6.45) is 0.714. The highest BCUT2D eigenvalue weighted by atomic mass is 16.5. The van der Waals surface area contributed by atoms with Crippen LogP contribution >= 0.6 is 0 Å². The van der Waals surface area contributed by atoms with Crippen LogP contribution in [0.4, 0.5) is 16.3 Å². The standard InChI is InChI=1S/C31H35N5O3/c1-6-18-35(31(38)32-25-13-12-21(2)22(3)19-25)20-28(37)33-30-29(24-10-8-7-9-11-24)23(4)34-36(30)26-14-16-27(39-5)17-15-26/h7-17,19H,6,18,20H2,1-5H3,(H,32,38)(H,33,37). The van der Waals surface area contributed by atoms with Gasteiger partial charge in [-0.3, -0.25) is 4.79 Å². The zero-order chi connectivity index (χ0) is 27.9. The normalized spacial score (nSPS) is 10.7. The van der Waals surface area contributed by atoms with Crippen molar-refractivity contribution in [2.45, 2.75) is 34.1 Å². The van der Waals surface area contributed by atoms with Crippen LogP contribution in [-0.4, -0.2) is 46.8 Å². The molecular formula is C31H35N5O3. The SMILES string of the molecule is CCCN(CC(=O)Nc1c(-c2ccccc2)c(C)nn1-c1ccc(OC)cc1)C(=O)Nc1ccc(C)c(C)c1. The van der Waals surface area contributed by atoms with Crippen molar-refractivity contribution in [3.8, 4) is 22.6 Å². The number of urea groups is 1. The first kappa shape index (κ1) is 27.4. The Morgan fingerprint density at radius 2 is 1.64 bits per heavy atom. The maximum atomic E-state index is 13.4.